The topological polar surface area (TPSA) is 12.0 Å². The van der Waals surface area contributed by atoms with Crippen LogP contribution in [-0.4, -0.2) is 17.5 Å². The maximum absolute atomic E-state index is 3.59. The van der Waals surface area contributed by atoms with Gasteiger partial charge in [-0.25, -0.2) is 0 Å². The molecule has 0 radical (unpaired) electrons. The second kappa shape index (κ2) is 4.85. The maximum atomic E-state index is 3.59. The van der Waals surface area contributed by atoms with Gasteiger partial charge in [0.1, 0.15) is 0 Å². The molecule has 1 aromatic rings. The van der Waals surface area contributed by atoms with Crippen molar-refractivity contribution in [2.24, 2.45) is 0 Å². The van der Waals surface area contributed by atoms with Gasteiger partial charge < -0.3 is 5.32 Å². The number of hydrogen-bond acceptors (Lipinski definition) is 2. The molecule has 0 aromatic heterocycles. The van der Waals surface area contributed by atoms with Gasteiger partial charge in [0.2, 0.25) is 0 Å². The van der Waals surface area contributed by atoms with Crippen molar-refractivity contribution in [1.29, 1.82) is 0 Å². The largest absolute Gasteiger partial charge is 0.309 e. The number of nitrogens with one attached hydrogen (secondary N) is 1. The lowest BCUT2D eigenvalue weighted by Gasteiger charge is -2.25. The Kier molecular flexibility index (Phi) is 3.49. The van der Waals surface area contributed by atoms with Crippen LogP contribution in [0.4, 0.5) is 0 Å². The van der Waals surface area contributed by atoms with Gasteiger partial charge in [-0.05, 0) is 23.3 Å². The van der Waals surface area contributed by atoms with E-state index in [1.54, 1.807) is 0 Å². The van der Waals surface area contributed by atoms with Crippen molar-refractivity contribution in [3.05, 3.63) is 35.4 Å². The summed E-state index contributed by atoms with van der Waals surface area (Å²) in [5.41, 5.74) is 3.01. The van der Waals surface area contributed by atoms with Crippen LogP contribution in [0.5, 0.6) is 0 Å². The Balaban J connectivity index is 1.99. The Labute approximate surface area is 90.3 Å². The highest BCUT2D eigenvalue weighted by Crippen LogP contribution is 2.18. The minimum Gasteiger partial charge on any atom is -0.309 e. The molecule has 1 N–H and O–H groups in total. The van der Waals surface area contributed by atoms with Crippen LogP contribution in [0, 0.1) is 0 Å². The van der Waals surface area contributed by atoms with Gasteiger partial charge in [0, 0.05) is 18.3 Å². The van der Waals surface area contributed by atoms with Crippen LogP contribution in [0.3, 0.4) is 0 Å². The SMILES string of the molecule is CCSCC1Cc2ccccc2CN1. The minimum absolute atomic E-state index is 0.676. The first-order valence-electron chi connectivity index (χ1n) is 5.28. The lowest BCUT2D eigenvalue weighted by Crippen LogP contribution is -2.37. The first kappa shape index (κ1) is 10.1. The van der Waals surface area contributed by atoms with Crippen molar-refractivity contribution in [2.45, 2.75) is 25.9 Å². The molecule has 0 fully saturated rings. The molecule has 0 aliphatic carbocycles. The Morgan fingerprint density at radius 2 is 2.14 bits per heavy atom. The molecule has 76 valence electrons. The van der Waals surface area contributed by atoms with Crippen LogP contribution in [0.25, 0.3) is 0 Å². The zero-order chi connectivity index (χ0) is 9.80. The fourth-order valence-electron chi connectivity index (χ4n) is 1.90. The standard InChI is InChI=1S/C12H17NS/c1-2-14-9-12-7-10-5-3-4-6-11(10)8-13-12/h3-6,12-13H,2,7-9H2,1H3. The lowest BCUT2D eigenvalue weighted by atomic mass is 9.97. The van der Waals surface area contributed by atoms with Crippen LogP contribution in [0.2, 0.25) is 0 Å². The molecule has 0 saturated heterocycles. The van der Waals surface area contributed by atoms with Crippen molar-refractivity contribution in [3.8, 4) is 0 Å². The molecule has 1 aromatic carbocycles. The minimum atomic E-state index is 0.676. The maximum Gasteiger partial charge on any atom is 0.0211 e. The zero-order valence-corrected chi connectivity index (χ0v) is 9.44. The van der Waals surface area contributed by atoms with Gasteiger partial charge in [-0.1, -0.05) is 31.2 Å². The summed E-state index contributed by atoms with van der Waals surface area (Å²) in [7, 11) is 0. The van der Waals surface area contributed by atoms with Gasteiger partial charge in [-0.2, -0.15) is 11.8 Å². The summed E-state index contributed by atoms with van der Waals surface area (Å²) in [6.45, 7) is 3.27. The van der Waals surface area contributed by atoms with E-state index in [2.05, 4.69) is 36.5 Å². The van der Waals surface area contributed by atoms with Crippen molar-refractivity contribution >= 4 is 11.8 Å². The van der Waals surface area contributed by atoms with E-state index in [0.29, 0.717) is 6.04 Å². The molecule has 1 aliphatic rings. The summed E-state index contributed by atoms with van der Waals surface area (Å²) in [5.74, 6) is 2.46. The molecular formula is C12H17NS. The van der Waals surface area contributed by atoms with Crippen LogP contribution < -0.4 is 5.32 Å². The van der Waals surface area contributed by atoms with E-state index in [9.17, 15) is 0 Å². The van der Waals surface area contributed by atoms with Gasteiger partial charge in [-0.3, -0.25) is 0 Å². The number of hydrogen-bond donors (Lipinski definition) is 1. The number of benzene rings is 1. The molecule has 0 spiro atoms. The monoisotopic (exact) mass is 207 g/mol. The average Bonchev–Trinajstić information content (AvgIpc) is 2.26. The van der Waals surface area contributed by atoms with Gasteiger partial charge in [-0.15, -0.1) is 0 Å². The van der Waals surface area contributed by atoms with E-state index < -0.39 is 0 Å². The third kappa shape index (κ3) is 2.31. The van der Waals surface area contributed by atoms with E-state index in [-0.39, 0.29) is 0 Å². The number of thioether (sulfide) groups is 1. The smallest absolute Gasteiger partial charge is 0.0211 e. The lowest BCUT2D eigenvalue weighted by molar-refractivity contribution is 0.520. The second-order valence-corrected chi connectivity index (χ2v) is 5.03. The van der Waals surface area contributed by atoms with E-state index in [0.717, 1.165) is 6.54 Å². The van der Waals surface area contributed by atoms with Crippen molar-refractivity contribution in [1.82, 2.24) is 5.32 Å². The fourth-order valence-corrected chi connectivity index (χ4v) is 2.65. The van der Waals surface area contributed by atoms with Crippen LogP contribution in [-0.2, 0) is 13.0 Å². The van der Waals surface area contributed by atoms with E-state index in [4.69, 9.17) is 0 Å². The van der Waals surface area contributed by atoms with Crippen molar-refractivity contribution in [2.75, 3.05) is 11.5 Å². The van der Waals surface area contributed by atoms with Gasteiger partial charge in [0.05, 0.1) is 0 Å². The van der Waals surface area contributed by atoms with Crippen LogP contribution in [0.1, 0.15) is 18.1 Å². The van der Waals surface area contributed by atoms with Crippen LogP contribution in [0.15, 0.2) is 24.3 Å². The highest BCUT2D eigenvalue weighted by Gasteiger charge is 2.16. The predicted molar refractivity (Wildman–Crippen MR) is 63.8 cm³/mol. The summed E-state index contributed by atoms with van der Waals surface area (Å²) >= 11 is 2.03. The molecule has 0 saturated carbocycles. The zero-order valence-electron chi connectivity index (χ0n) is 8.62. The molecule has 1 atom stereocenters. The third-order valence-electron chi connectivity index (χ3n) is 2.69. The molecule has 1 heterocycles. The Morgan fingerprint density at radius 3 is 2.93 bits per heavy atom. The molecular weight excluding hydrogens is 190 g/mol. The number of fused-ring (bicyclic) bond motifs is 1. The quantitative estimate of drug-likeness (QED) is 0.817. The van der Waals surface area contributed by atoms with Gasteiger partial charge in [0.15, 0.2) is 0 Å². The van der Waals surface area contributed by atoms with Gasteiger partial charge >= 0.3 is 0 Å². The van der Waals surface area contributed by atoms with Crippen molar-refractivity contribution < 1.29 is 0 Å². The summed E-state index contributed by atoms with van der Waals surface area (Å²) in [6, 6.07) is 9.44. The summed E-state index contributed by atoms with van der Waals surface area (Å²) < 4.78 is 0. The highest BCUT2D eigenvalue weighted by molar-refractivity contribution is 7.99. The highest BCUT2D eigenvalue weighted by atomic mass is 32.2. The molecule has 0 amide bonds. The Hall–Kier alpha value is -0.470. The molecule has 1 unspecified atom stereocenters. The third-order valence-corrected chi connectivity index (χ3v) is 3.74. The normalized spacial score (nSPS) is 20.5. The fraction of sp³-hybridized carbons (Fsp3) is 0.500. The first-order valence-corrected chi connectivity index (χ1v) is 6.43. The first-order chi connectivity index (χ1) is 6.90. The summed E-state index contributed by atoms with van der Waals surface area (Å²) in [5, 5.41) is 3.59. The van der Waals surface area contributed by atoms with Crippen molar-refractivity contribution in [3.63, 3.8) is 0 Å². The molecule has 2 heteroatoms. The summed E-state index contributed by atoms with van der Waals surface area (Å²) in [4.78, 5) is 0. The molecule has 1 aliphatic heterocycles. The molecule has 2 rings (SSSR count). The molecule has 14 heavy (non-hydrogen) atoms. The van der Waals surface area contributed by atoms with E-state index in [1.165, 1.54) is 29.1 Å². The predicted octanol–water partition coefficient (Wildman–Crippen LogP) is 2.45. The average molecular weight is 207 g/mol. The van der Waals surface area contributed by atoms with E-state index >= 15 is 0 Å². The molecule has 1 nitrogen and oxygen atoms in total. The van der Waals surface area contributed by atoms with E-state index in [1.807, 2.05) is 11.8 Å². The second-order valence-electron chi connectivity index (χ2n) is 3.71. The Bertz CT molecular complexity index is 298. The summed E-state index contributed by atoms with van der Waals surface area (Å²) in [6.07, 6.45) is 1.20. The Morgan fingerprint density at radius 1 is 1.36 bits per heavy atom. The van der Waals surface area contributed by atoms with Crippen LogP contribution >= 0.6 is 11.8 Å². The molecule has 0 bridgehead atoms. The van der Waals surface area contributed by atoms with Gasteiger partial charge in [0.25, 0.3) is 0 Å². The number of rotatable bonds is 3.